The second-order valence-electron chi connectivity index (χ2n) is 7.93. The molecule has 154 valence electrons. The first-order valence-electron chi connectivity index (χ1n) is 10.7. The summed E-state index contributed by atoms with van der Waals surface area (Å²) in [4.78, 5) is 18.9. The Morgan fingerprint density at radius 1 is 1.18 bits per heavy atom. The lowest BCUT2D eigenvalue weighted by molar-refractivity contribution is -0.123. The minimum atomic E-state index is -0.0380. The first-order valence-corrected chi connectivity index (χ1v) is 10.7. The van der Waals surface area contributed by atoms with E-state index >= 15 is 0 Å². The molecule has 0 spiro atoms. The summed E-state index contributed by atoms with van der Waals surface area (Å²) >= 11 is 0. The highest BCUT2D eigenvalue weighted by atomic mass is 16.5. The minimum absolute atomic E-state index is 0.0380. The maximum Gasteiger partial charge on any atom is 0.258 e. The molecule has 0 unspecified atom stereocenters. The molecule has 0 aromatic heterocycles. The lowest BCUT2D eigenvalue weighted by Crippen LogP contribution is -2.45. The zero-order valence-corrected chi connectivity index (χ0v) is 17.2. The van der Waals surface area contributed by atoms with Crippen LogP contribution in [-0.4, -0.2) is 55.6 Å². The number of nitrogens with zero attached hydrogens (tertiary/aromatic N) is 2. The van der Waals surface area contributed by atoms with E-state index in [1.54, 1.807) is 0 Å². The Bertz CT molecular complexity index is 647. The van der Waals surface area contributed by atoms with Gasteiger partial charge in [0.25, 0.3) is 5.91 Å². The third kappa shape index (κ3) is 6.73. The highest BCUT2D eigenvalue weighted by molar-refractivity contribution is 5.80. The molecule has 1 aromatic rings. The van der Waals surface area contributed by atoms with Gasteiger partial charge in [-0.2, -0.15) is 0 Å². The van der Waals surface area contributed by atoms with Crippen LogP contribution in [0, 0.1) is 5.92 Å². The fourth-order valence-corrected chi connectivity index (χ4v) is 3.34. The molecule has 0 radical (unpaired) electrons. The maximum absolute atomic E-state index is 11.7. The van der Waals surface area contributed by atoms with Gasteiger partial charge in [0.1, 0.15) is 5.75 Å². The number of ether oxygens (including phenoxy) is 1. The molecule has 1 saturated heterocycles. The number of rotatable bonds is 8. The number of carbonyl (C=O) groups excluding carboxylic acids is 1. The van der Waals surface area contributed by atoms with Gasteiger partial charge in [-0.25, -0.2) is 0 Å². The van der Waals surface area contributed by atoms with Crippen molar-refractivity contribution in [2.45, 2.75) is 52.0 Å². The number of carbonyl (C=O) groups is 1. The van der Waals surface area contributed by atoms with Crippen molar-refractivity contribution in [3.63, 3.8) is 0 Å². The van der Waals surface area contributed by atoms with Crippen molar-refractivity contribution in [1.82, 2.24) is 15.5 Å². The molecule has 28 heavy (non-hydrogen) atoms. The van der Waals surface area contributed by atoms with E-state index in [1.165, 1.54) is 18.4 Å². The van der Waals surface area contributed by atoms with E-state index in [0.29, 0.717) is 6.04 Å². The molecule has 2 N–H and O–H groups in total. The molecule has 6 nitrogen and oxygen atoms in total. The van der Waals surface area contributed by atoms with Crippen LogP contribution in [0.25, 0.3) is 0 Å². The molecule has 0 atom stereocenters. The molecule has 1 aromatic carbocycles. The minimum Gasteiger partial charge on any atom is -0.484 e. The van der Waals surface area contributed by atoms with E-state index in [-0.39, 0.29) is 12.5 Å². The summed E-state index contributed by atoms with van der Waals surface area (Å²) in [5.41, 5.74) is 1.22. The number of likely N-dealkylation sites (tertiary alicyclic amines) is 1. The molecule has 1 aliphatic carbocycles. The average molecular weight is 387 g/mol. The van der Waals surface area contributed by atoms with Gasteiger partial charge in [0, 0.05) is 32.2 Å². The number of amides is 1. The summed E-state index contributed by atoms with van der Waals surface area (Å²) in [6.45, 7) is 8.37. The van der Waals surface area contributed by atoms with Gasteiger partial charge in [-0.3, -0.25) is 9.79 Å². The zero-order valence-electron chi connectivity index (χ0n) is 17.2. The summed E-state index contributed by atoms with van der Waals surface area (Å²) < 4.78 is 5.56. The lowest BCUT2D eigenvalue weighted by Gasteiger charge is -2.33. The monoisotopic (exact) mass is 386 g/mol. The second-order valence-corrected chi connectivity index (χ2v) is 7.93. The normalized spacial score (nSPS) is 18.1. The zero-order chi connectivity index (χ0) is 19.8. The maximum atomic E-state index is 11.7. The summed E-state index contributed by atoms with van der Waals surface area (Å²) in [6.07, 6.45) is 5.56. The largest absolute Gasteiger partial charge is 0.484 e. The van der Waals surface area contributed by atoms with Gasteiger partial charge in [-0.05, 0) is 62.6 Å². The number of hydrogen-bond donors (Lipinski definition) is 2. The molecule has 3 rings (SSSR count). The van der Waals surface area contributed by atoms with Gasteiger partial charge in [0.05, 0.1) is 0 Å². The van der Waals surface area contributed by atoms with Gasteiger partial charge in [0.2, 0.25) is 0 Å². The van der Waals surface area contributed by atoms with Crippen LogP contribution in [0.1, 0.15) is 45.1 Å². The van der Waals surface area contributed by atoms with E-state index in [2.05, 4.69) is 41.5 Å². The van der Waals surface area contributed by atoms with E-state index in [9.17, 15) is 4.79 Å². The van der Waals surface area contributed by atoms with Crippen LogP contribution >= 0.6 is 0 Å². The van der Waals surface area contributed by atoms with Crippen LogP contribution in [0.15, 0.2) is 29.3 Å². The SMILES string of the molecule is CCNC(=NCCc1ccc(OCC(=O)NC2CC2)cc1)N1CCC(C)CC1. The molecule has 1 heterocycles. The average Bonchev–Trinajstić information content (AvgIpc) is 3.51. The van der Waals surface area contributed by atoms with Crippen molar-refractivity contribution in [3.8, 4) is 5.75 Å². The number of piperidine rings is 1. The third-order valence-electron chi connectivity index (χ3n) is 5.32. The Balaban J connectivity index is 1.43. The van der Waals surface area contributed by atoms with Crippen molar-refractivity contribution in [3.05, 3.63) is 29.8 Å². The summed E-state index contributed by atoms with van der Waals surface area (Å²) in [5, 5.41) is 6.35. The van der Waals surface area contributed by atoms with Crippen molar-refractivity contribution in [2.24, 2.45) is 10.9 Å². The van der Waals surface area contributed by atoms with Crippen LogP contribution in [0.2, 0.25) is 0 Å². The fourth-order valence-electron chi connectivity index (χ4n) is 3.34. The summed E-state index contributed by atoms with van der Waals surface area (Å²) in [5.74, 6) is 2.55. The van der Waals surface area contributed by atoms with Crippen LogP contribution in [0.3, 0.4) is 0 Å². The summed E-state index contributed by atoms with van der Waals surface area (Å²) in [7, 11) is 0. The Morgan fingerprint density at radius 3 is 2.54 bits per heavy atom. The third-order valence-corrected chi connectivity index (χ3v) is 5.32. The molecule has 2 fully saturated rings. The van der Waals surface area contributed by atoms with Crippen LogP contribution in [0.5, 0.6) is 5.75 Å². The molecule has 1 amide bonds. The van der Waals surface area contributed by atoms with Gasteiger partial charge in [-0.15, -0.1) is 0 Å². The van der Waals surface area contributed by atoms with Crippen molar-refractivity contribution >= 4 is 11.9 Å². The standard InChI is InChI=1S/C22H34N4O2/c1-3-23-22(26-14-11-17(2)12-15-26)24-13-10-18-4-8-20(9-5-18)28-16-21(27)25-19-6-7-19/h4-5,8-9,17,19H,3,6-7,10-16H2,1-2H3,(H,23,24)(H,25,27). The predicted octanol–water partition coefficient (Wildman–Crippen LogP) is 2.58. The molecule has 6 heteroatoms. The highest BCUT2D eigenvalue weighted by Gasteiger charge is 2.23. The quantitative estimate of drug-likeness (QED) is 0.532. The number of aliphatic imine (C=N–C) groups is 1. The first kappa shape index (κ1) is 20.5. The summed E-state index contributed by atoms with van der Waals surface area (Å²) in [6, 6.07) is 8.35. The lowest BCUT2D eigenvalue weighted by atomic mass is 10.00. The topological polar surface area (TPSA) is 66.0 Å². The van der Waals surface area contributed by atoms with E-state index < -0.39 is 0 Å². The molecular weight excluding hydrogens is 352 g/mol. The highest BCUT2D eigenvalue weighted by Crippen LogP contribution is 2.19. The Morgan fingerprint density at radius 2 is 1.89 bits per heavy atom. The second kappa shape index (κ2) is 10.3. The molecule has 0 bridgehead atoms. The number of hydrogen-bond acceptors (Lipinski definition) is 3. The molecular formula is C22H34N4O2. The van der Waals surface area contributed by atoms with Gasteiger partial charge in [0.15, 0.2) is 12.6 Å². The van der Waals surface area contributed by atoms with Crippen LogP contribution in [0.4, 0.5) is 0 Å². The fraction of sp³-hybridized carbons (Fsp3) is 0.636. The Labute approximate surface area is 168 Å². The first-order chi connectivity index (χ1) is 13.6. The van der Waals surface area contributed by atoms with Crippen molar-refractivity contribution in [1.29, 1.82) is 0 Å². The smallest absolute Gasteiger partial charge is 0.258 e. The molecule has 1 saturated carbocycles. The van der Waals surface area contributed by atoms with Crippen molar-refractivity contribution < 1.29 is 9.53 Å². The van der Waals surface area contributed by atoms with Crippen LogP contribution < -0.4 is 15.4 Å². The number of nitrogens with one attached hydrogen (secondary N) is 2. The predicted molar refractivity (Wildman–Crippen MR) is 113 cm³/mol. The van der Waals surface area contributed by atoms with Gasteiger partial charge >= 0.3 is 0 Å². The molecule has 2 aliphatic rings. The van der Waals surface area contributed by atoms with Crippen molar-refractivity contribution in [2.75, 3.05) is 32.8 Å². The van der Waals surface area contributed by atoms with Gasteiger partial charge in [-0.1, -0.05) is 19.1 Å². The Kier molecular flexibility index (Phi) is 7.57. The van der Waals surface area contributed by atoms with E-state index in [4.69, 9.17) is 9.73 Å². The van der Waals surface area contributed by atoms with E-state index in [1.807, 2.05) is 12.1 Å². The van der Waals surface area contributed by atoms with Crippen LogP contribution in [-0.2, 0) is 11.2 Å². The number of guanidine groups is 1. The van der Waals surface area contributed by atoms with E-state index in [0.717, 1.165) is 63.1 Å². The Hall–Kier alpha value is -2.24. The molecule has 1 aliphatic heterocycles. The number of benzene rings is 1. The van der Waals surface area contributed by atoms with Gasteiger partial charge < -0.3 is 20.3 Å².